The topological polar surface area (TPSA) is 38.3 Å². The zero-order valence-corrected chi connectivity index (χ0v) is 14.2. The van der Waals surface area contributed by atoms with Gasteiger partial charge in [-0.25, -0.2) is 0 Å². The van der Waals surface area contributed by atoms with Gasteiger partial charge in [-0.3, -0.25) is 4.79 Å². The number of carbonyl (C=O) groups is 1. The fourth-order valence-electron chi connectivity index (χ4n) is 1.69. The van der Waals surface area contributed by atoms with E-state index in [0.717, 1.165) is 20.8 Å². The lowest BCUT2D eigenvalue weighted by molar-refractivity contribution is -0.115. The van der Waals surface area contributed by atoms with Crippen LogP contribution in [0.15, 0.2) is 57.9 Å². The molecule has 1 atom stereocenters. The Kier molecular flexibility index (Phi) is 5.70. The highest BCUT2D eigenvalue weighted by Gasteiger charge is 2.14. The molecule has 0 heterocycles. The molecular formula is C16H16BrNO2S. The second-order valence-corrected chi connectivity index (χ2v) is 6.76. The number of benzene rings is 2. The number of anilines is 1. The number of rotatable bonds is 5. The Balaban J connectivity index is 1.93. The number of carbonyl (C=O) groups excluding carboxylic acids is 1. The molecule has 0 saturated carbocycles. The van der Waals surface area contributed by atoms with Gasteiger partial charge in [-0.05, 0) is 55.5 Å². The van der Waals surface area contributed by atoms with Gasteiger partial charge in [0.05, 0.1) is 12.4 Å². The standard InChI is InChI=1S/C16H16BrNO2S/c1-11(21-15-9-3-12(17)4-10-15)16(19)18-13-5-7-14(20-2)8-6-13/h3-11H,1-2H3,(H,18,19). The molecule has 2 aromatic carbocycles. The van der Waals surface area contributed by atoms with Gasteiger partial charge in [0, 0.05) is 15.1 Å². The largest absolute Gasteiger partial charge is 0.497 e. The van der Waals surface area contributed by atoms with Gasteiger partial charge < -0.3 is 10.1 Å². The van der Waals surface area contributed by atoms with Crippen molar-refractivity contribution in [2.45, 2.75) is 17.1 Å². The fraction of sp³-hybridized carbons (Fsp3) is 0.188. The van der Waals surface area contributed by atoms with E-state index in [1.165, 1.54) is 11.8 Å². The van der Waals surface area contributed by atoms with Crippen LogP contribution in [0.2, 0.25) is 0 Å². The van der Waals surface area contributed by atoms with Gasteiger partial charge in [0.1, 0.15) is 5.75 Å². The first-order valence-electron chi connectivity index (χ1n) is 6.45. The van der Waals surface area contributed by atoms with E-state index in [2.05, 4.69) is 21.2 Å². The van der Waals surface area contributed by atoms with E-state index in [0.29, 0.717) is 0 Å². The first-order valence-corrected chi connectivity index (χ1v) is 8.13. The van der Waals surface area contributed by atoms with Crippen molar-refractivity contribution in [3.63, 3.8) is 0 Å². The molecule has 0 radical (unpaired) electrons. The average Bonchev–Trinajstić information content (AvgIpc) is 2.50. The number of hydrogen-bond acceptors (Lipinski definition) is 3. The second kappa shape index (κ2) is 7.52. The van der Waals surface area contributed by atoms with Crippen molar-refractivity contribution in [2.24, 2.45) is 0 Å². The van der Waals surface area contributed by atoms with Crippen molar-refractivity contribution in [2.75, 3.05) is 12.4 Å². The van der Waals surface area contributed by atoms with Crippen LogP contribution in [-0.4, -0.2) is 18.3 Å². The highest BCUT2D eigenvalue weighted by molar-refractivity contribution is 9.10. The third-order valence-corrected chi connectivity index (χ3v) is 4.49. The zero-order chi connectivity index (χ0) is 15.2. The Morgan fingerprint density at radius 3 is 2.33 bits per heavy atom. The molecule has 0 aromatic heterocycles. The minimum atomic E-state index is -0.173. The van der Waals surface area contributed by atoms with E-state index >= 15 is 0 Å². The number of amides is 1. The highest BCUT2D eigenvalue weighted by atomic mass is 79.9. The molecule has 1 N–H and O–H groups in total. The first-order chi connectivity index (χ1) is 10.1. The summed E-state index contributed by atoms with van der Waals surface area (Å²) in [4.78, 5) is 13.2. The molecule has 0 fully saturated rings. The highest BCUT2D eigenvalue weighted by Crippen LogP contribution is 2.26. The van der Waals surface area contributed by atoms with Gasteiger partial charge in [-0.15, -0.1) is 11.8 Å². The minimum absolute atomic E-state index is 0.0203. The third-order valence-electron chi connectivity index (χ3n) is 2.85. The molecule has 2 aromatic rings. The lowest BCUT2D eigenvalue weighted by Crippen LogP contribution is -2.22. The van der Waals surface area contributed by atoms with Crippen molar-refractivity contribution in [1.29, 1.82) is 0 Å². The van der Waals surface area contributed by atoms with Gasteiger partial charge in [0.25, 0.3) is 0 Å². The second-order valence-electron chi connectivity index (χ2n) is 4.43. The fourth-order valence-corrected chi connectivity index (χ4v) is 2.82. The molecule has 0 bridgehead atoms. The van der Waals surface area contributed by atoms with Gasteiger partial charge in [0.15, 0.2) is 0 Å². The van der Waals surface area contributed by atoms with E-state index in [-0.39, 0.29) is 11.2 Å². The number of thioether (sulfide) groups is 1. The Bertz CT molecular complexity index is 599. The van der Waals surface area contributed by atoms with Gasteiger partial charge >= 0.3 is 0 Å². The lowest BCUT2D eigenvalue weighted by Gasteiger charge is -2.12. The quantitative estimate of drug-likeness (QED) is 0.788. The monoisotopic (exact) mass is 365 g/mol. The first kappa shape index (κ1) is 15.9. The normalized spacial score (nSPS) is 11.8. The molecular weight excluding hydrogens is 350 g/mol. The molecule has 110 valence electrons. The summed E-state index contributed by atoms with van der Waals surface area (Å²) in [5, 5.41) is 2.73. The predicted octanol–water partition coefficient (Wildman–Crippen LogP) is 4.58. The zero-order valence-electron chi connectivity index (χ0n) is 11.8. The van der Waals surface area contributed by atoms with E-state index in [4.69, 9.17) is 4.74 Å². The van der Waals surface area contributed by atoms with Crippen molar-refractivity contribution in [3.8, 4) is 5.75 Å². The summed E-state index contributed by atoms with van der Waals surface area (Å²) in [6.07, 6.45) is 0. The van der Waals surface area contributed by atoms with Crippen LogP contribution in [0.25, 0.3) is 0 Å². The van der Waals surface area contributed by atoms with Gasteiger partial charge in [-0.2, -0.15) is 0 Å². The Labute approximate surface area is 137 Å². The van der Waals surface area contributed by atoms with Crippen LogP contribution in [0.3, 0.4) is 0 Å². The summed E-state index contributed by atoms with van der Waals surface area (Å²) in [6.45, 7) is 1.89. The van der Waals surface area contributed by atoms with Crippen LogP contribution < -0.4 is 10.1 Å². The van der Waals surface area contributed by atoms with Crippen LogP contribution in [-0.2, 0) is 4.79 Å². The number of hydrogen-bond donors (Lipinski definition) is 1. The summed E-state index contributed by atoms with van der Waals surface area (Å²) in [5.41, 5.74) is 0.768. The van der Waals surface area contributed by atoms with E-state index < -0.39 is 0 Å². The summed E-state index contributed by atoms with van der Waals surface area (Å²) < 4.78 is 6.12. The van der Waals surface area contributed by atoms with Crippen molar-refractivity contribution in [3.05, 3.63) is 53.0 Å². The Morgan fingerprint density at radius 1 is 1.14 bits per heavy atom. The third kappa shape index (κ3) is 4.79. The summed E-state index contributed by atoms with van der Waals surface area (Å²) >= 11 is 4.93. The van der Waals surface area contributed by atoms with Gasteiger partial charge in [-0.1, -0.05) is 15.9 Å². The average molecular weight is 366 g/mol. The molecule has 3 nitrogen and oxygen atoms in total. The Morgan fingerprint density at radius 2 is 1.76 bits per heavy atom. The predicted molar refractivity (Wildman–Crippen MR) is 91.1 cm³/mol. The molecule has 0 aliphatic heterocycles. The number of ether oxygens (including phenoxy) is 1. The maximum absolute atomic E-state index is 12.2. The van der Waals surface area contributed by atoms with Crippen LogP contribution in [0.4, 0.5) is 5.69 Å². The molecule has 21 heavy (non-hydrogen) atoms. The molecule has 1 amide bonds. The smallest absolute Gasteiger partial charge is 0.237 e. The summed E-state index contributed by atoms with van der Waals surface area (Å²) in [6, 6.07) is 15.2. The molecule has 0 saturated heterocycles. The maximum atomic E-state index is 12.2. The van der Waals surface area contributed by atoms with Crippen LogP contribution >= 0.6 is 27.7 Å². The molecule has 2 rings (SSSR count). The van der Waals surface area contributed by atoms with Gasteiger partial charge in [0.2, 0.25) is 5.91 Å². The number of methoxy groups -OCH3 is 1. The number of halogens is 1. The molecule has 5 heteroatoms. The maximum Gasteiger partial charge on any atom is 0.237 e. The van der Waals surface area contributed by atoms with Crippen LogP contribution in [0, 0.1) is 0 Å². The summed E-state index contributed by atoms with van der Waals surface area (Å²) in [5.74, 6) is 0.748. The molecule has 0 spiro atoms. The van der Waals surface area contributed by atoms with Crippen molar-refractivity contribution < 1.29 is 9.53 Å². The SMILES string of the molecule is COc1ccc(NC(=O)C(C)Sc2ccc(Br)cc2)cc1. The summed E-state index contributed by atoms with van der Waals surface area (Å²) in [7, 11) is 1.62. The van der Waals surface area contributed by atoms with E-state index in [1.54, 1.807) is 7.11 Å². The van der Waals surface area contributed by atoms with Crippen LogP contribution in [0.5, 0.6) is 5.75 Å². The molecule has 1 unspecified atom stereocenters. The van der Waals surface area contributed by atoms with Crippen molar-refractivity contribution >= 4 is 39.3 Å². The molecule has 0 aliphatic rings. The van der Waals surface area contributed by atoms with Crippen molar-refractivity contribution in [1.82, 2.24) is 0 Å². The lowest BCUT2D eigenvalue weighted by atomic mass is 10.3. The molecule has 0 aliphatic carbocycles. The Hall–Kier alpha value is -1.46. The van der Waals surface area contributed by atoms with E-state index in [9.17, 15) is 4.79 Å². The number of nitrogens with one attached hydrogen (secondary N) is 1. The minimum Gasteiger partial charge on any atom is -0.497 e. The van der Waals surface area contributed by atoms with E-state index in [1.807, 2.05) is 55.5 Å². The van der Waals surface area contributed by atoms with Crippen LogP contribution in [0.1, 0.15) is 6.92 Å².